The maximum Gasteiger partial charge on any atom is 0.251 e. The Morgan fingerprint density at radius 1 is 1.19 bits per heavy atom. The smallest absolute Gasteiger partial charge is 0.251 e. The van der Waals surface area contributed by atoms with Gasteiger partial charge in [-0.1, -0.05) is 39.7 Å². The summed E-state index contributed by atoms with van der Waals surface area (Å²) in [6, 6.07) is 11.0. The van der Waals surface area contributed by atoms with E-state index in [1.807, 2.05) is 6.92 Å². The monoisotopic (exact) mass is 452 g/mol. The lowest BCUT2D eigenvalue weighted by Crippen LogP contribution is -2.36. The van der Waals surface area contributed by atoms with Crippen LogP contribution in [0.15, 0.2) is 63.5 Å². The van der Waals surface area contributed by atoms with Crippen LogP contribution >= 0.6 is 15.9 Å². The van der Waals surface area contributed by atoms with Gasteiger partial charge < -0.3 is 5.32 Å². The summed E-state index contributed by atoms with van der Waals surface area (Å²) < 4.78 is 41.1. The van der Waals surface area contributed by atoms with Gasteiger partial charge in [-0.3, -0.25) is 4.79 Å². The molecule has 0 aromatic heterocycles. The number of hydrogen-bond donors (Lipinski definition) is 1. The largest absolute Gasteiger partial charge is 0.320 e. The van der Waals surface area contributed by atoms with E-state index in [2.05, 4.69) is 21.2 Å². The number of nitrogens with one attached hydrogen (secondary N) is 1. The molecule has 1 heterocycles. The number of aryl methyl sites for hydroxylation is 1. The topological polar surface area (TPSA) is 66.5 Å². The summed E-state index contributed by atoms with van der Waals surface area (Å²) in [5.41, 5.74) is 1.50. The van der Waals surface area contributed by atoms with E-state index in [1.54, 1.807) is 36.4 Å². The summed E-state index contributed by atoms with van der Waals surface area (Å²) in [6.45, 7) is 2.18. The predicted octanol–water partition coefficient (Wildman–Crippen LogP) is 3.86. The van der Waals surface area contributed by atoms with Gasteiger partial charge >= 0.3 is 0 Å². The van der Waals surface area contributed by atoms with Crippen molar-refractivity contribution in [2.45, 2.75) is 18.2 Å². The molecule has 0 saturated carbocycles. The molecule has 2 aromatic rings. The van der Waals surface area contributed by atoms with Crippen molar-refractivity contribution >= 4 is 37.5 Å². The lowest BCUT2D eigenvalue weighted by molar-refractivity contribution is -0.113. The molecule has 1 N–H and O–H groups in total. The van der Waals surface area contributed by atoms with Gasteiger partial charge in [-0.25, -0.2) is 12.8 Å². The fraction of sp³-hybridized carbons (Fsp3) is 0.211. The summed E-state index contributed by atoms with van der Waals surface area (Å²) in [5.74, 6) is -0.971. The number of sulfonamides is 1. The SMILES string of the molecule is Cc1ccc(S(=O)(=O)N2CC=C(C(=O)Nc3ccc(Br)cc3F)CC2)cc1. The lowest BCUT2D eigenvalue weighted by Gasteiger charge is -2.25. The highest BCUT2D eigenvalue weighted by molar-refractivity contribution is 9.10. The number of anilines is 1. The third-order valence-electron chi connectivity index (χ3n) is 4.30. The van der Waals surface area contributed by atoms with Gasteiger partial charge in [0.2, 0.25) is 10.0 Å². The molecule has 2 aromatic carbocycles. The molecule has 0 atom stereocenters. The molecule has 3 rings (SSSR count). The fourth-order valence-electron chi connectivity index (χ4n) is 2.73. The Hall–Kier alpha value is -2.03. The Bertz CT molecular complexity index is 1000. The number of halogens is 2. The van der Waals surface area contributed by atoms with Crippen molar-refractivity contribution in [1.82, 2.24) is 4.31 Å². The summed E-state index contributed by atoms with van der Waals surface area (Å²) in [7, 11) is -3.61. The van der Waals surface area contributed by atoms with E-state index >= 15 is 0 Å². The molecular weight excluding hydrogens is 435 g/mol. The van der Waals surface area contributed by atoms with Crippen molar-refractivity contribution in [3.05, 3.63) is 70.0 Å². The van der Waals surface area contributed by atoms with Gasteiger partial charge in [0.25, 0.3) is 5.91 Å². The average molecular weight is 453 g/mol. The number of carbonyl (C=O) groups is 1. The normalized spacial score (nSPS) is 15.3. The minimum atomic E-state index is -3.61. The van der Waals surface area contributed by atoms with Crippen molar-refractivity contribution in [3.8, 4) is 0 Å². The number of nitrogens with zero attached hydrogens (tertiary/aromatic N) is 1. The third kappa shape index (κ3) is 4.45. The number of hydrogen-bond acceptors (Lipinski definition) is 3. The second-order valence-corrected chi connectivity index (χ2v) is 9.09. The van der Waals surface area contributed by atoms with Crippen LogP contribution in [0.1, 0.15) is 12.0 Å². The molecule has 0 saturated heterocycles. The summed E-state index contributed by atoms with van der Waals surface area (Å²) in [4.78, 5) is 12.6. The molecule has 1 aliphatic heterocycles. The molecule has 27 heavy (non-hydrogen) atoms. The lowest BCUT2D eigenvalue weighted by atomic mass is 10.1. The minimum absolute atomic E-state index is 0.0822. The Balaban J connectivity index is 1.70. The van der Waals surface area contributed by atoms with E-state index < -0.39 is 21.7 Å². The van der Waals surface area contributed by atoms with Crippen LogP contribution in [0.5, 0.6) is 0 Å². The Kier molecular flexibility index (Phi) is 5.78. The first-order chi connectivity index (χ1) is 12.8. The van der Waals surface area contributed by atoms with Crippen molar-refractivity contribution in [3.63, 3.8) is 0 Å². The molecule has 0 fully saturated rings. The van der Waals surface area contributed by atoms with E-state index in [0.29, 0.717) is 10.0 Å². The number of amides is 1. The van der Waals surface area contributed by atoms with Gasteiger partial charge in [0, 0.05) is 23.1 Å². The highest BCUT2D eigenvalue weighted by atomic mass is 79.9. The first-order valence-electron chi connectivity index (χ1n) is 8.29. The summed E-state index contributed by atoms with van der Waals surface area (Å²) in [6.07, 6.45) is 1.83. The fourth-order valence-corrected chi connectivity index (χ4v) is 4.44. The zero-order valence-corrected chi connectivity index (χ0v) is 17.0. The number of rotatable bonds is 4. The Labute approximate surface area is 166 Å². The highest BCUT2D eigenvalue weighted by Gasteiger charge is 2.27. The zero-order chi connectivity index (χ0) is 19.6. The average Bonchev–Trinajstić information content (AvgIpc) is 2.64. The van der Waals surface area contributed by atoms with Crippen molar-refractivity contribution in [2.75, 3.05) is 18.4 Å². The molecule has 142 valence electrons. The third-order valence-corrected chi connectivity index (χ3v) is 6.67. The predicted molar refractivity (Wildman–Crippen MR) is 105 cm³/mol. The van der Waals surface area contributed by atoms with Crippen LogP contribution in [0.4, 0.5) is 10.1 Å². The maximum atomic E-state index is 13.9. The quantitative estimate of drug-likeness (QED) is 0.765. The minimum Gasteiger partial charge on any atom is -0.320 e. The molecule has 0 spiro atoms. The van der Waals surface area contributed by atoms with E-state index in [4.69, 9.17) is 0 Å². The standard InChI is InChI=1S/C19H18BrFN2O3S/c1-13-2-5-16(6-3-13)27(25,26)23-10-8-14(9-11-23)19(24)22-18-7-4-15(20)12-17(18)21/h2-8,12H,9-11H2,1H3,(H,22,24). The van der Waals surface area contributed by atoms with Crippen molar-refractivity contribution in [1.29, 1.82) is 0 Å². The second-order valence-electron chi connectivity index (χ2n) is 6.23. The molecule has 5 nitrogen and oxygen atoms in total. The number of benzene rings is 2. The highest BCUT2D eigenvalue weighted by Crippen LogP contribution is 2.23. The van der Waals surface area contributed by atoms with Crippen LogP contribution < -0.4 is 5.32 Å². The summed E-state index contributed by atoms with van der Waals surface area (Å²) in [5, 5.41) is 2.53. The second kappa shape index (κ2) is 7.92. The van der Waals surface area contributed by atoms with Gasteiger partial charge in [-0.15, -0.1) is 0 Å². The Morgan fingerprint density at radius 3 is 2.48 bits per heavy atom. The molecule has 0 unspecified atom stereocenters. The molecule has 0 bridgehead atoms. The number of carbonyl (C=O) groups excluding carboxylic acids is 1. The van der Waals surface area contributed by atoms with E-state index in [1.165, 1.54) is 16.4 Å². The van der Waals surface area contributed by atoms with Gasteiger partial charge in [-0.2, -0.15) is 4.31 Å². The van der Waals surface area contributed by atoms with E-state index in [9.17, 15) is 17.6 Å². The molecule has 1 amide bonds. The molecular formula is C19H18BrFN2O3S. The van der Waals surface area contributed by atoms with Gasteiger partial charge in [-0.05, 0) is 43.7 Å². The van der Waals surface area contributed by atoms with Crippen LogP contribution in [-0.4, -0.2) is 31.7 Å². The molecule has 8 heteroatoms. The van der Waals surface area contributed by atoms with Gasteiger partial charge in [0.05, 0.1) is 10.6 Å². The zero-order valence-electron chi connectivity index (χ0n) is 14.6. The van der Waals surface area contributed by atoms with Gasteiger partial charge in [0.15, 0.2) is 0 Å². The van der Waals surface area contributed by atoms with Crippen LogP contribution in [0, 0.1) is 12.7 Å². The van der Waals surface area contributed by atoms with Crippen LogP contribution in [0.3, 0.4) is 0 Å². The first kappa shape index (κ1) is 19.7. The summed E-state index contributed by atoms with van der Waals surface area (Å²) >= 11 is 3.16. The van der Waals surface area contributed by atoms with Gasteiger partial charge in [0.1, 0.15) is 5.82 Å². The van der Waals surface area contributed by atoms with Crippen LogP contribution in [0.25, 0.3) is 0 Å². The maximum absolute atomic E-state index is 13.9. The van der Waals surface area contributed by atoms with E-state index in [-0.39, 0.29) is 30.1 Å². The van der Waals surface area contributed by atoms with Crippen molar-refractivity contribution in [2.24, 2.45) is 0 Å². The van der Waals surface area contributed by atoms with Crippen LogP contribution in [0.2, 0.25) is 0 Å². The molecule has 1 aliphatic rings. The van der Waals surface area contributed by atoms with Crippen molar-refractivity contribution < 1.29 is 17.6 Å². The van der Waals surface area contributed by atoms with E-state index in [0.717, 1.165) is 5.56 Å². The molecule has 0 radical (unpaired) electrons. The van der Waals surface area contributed by atoms with Crippen LogP contribution in [-0.2, 0) is 14.8 Å². The first-order valence-corrected chi connectivity index (χ1v) is 10.5. The Morgan fingerprint density at radius 2 is 1.89 bits per heavy atom. The molecule has 0 aliphatic carbocycles.